The smallest absolute Gasteiger partial charge is 0.327 e. The molecule has 0 atom stereocenters. The molecule has 0 unspecified atom stereocenters. The van der Waals surface area contributed by atoms with Gasteiger partial charge < -0.3 is 5.11 Å². The lowest BCUT2D eigenvalue weighted by atomic mass is 10.0. The second-order valence-corrected chi connectivity index (χ2v) is 9.09. The van der Waals surface area contributed by atoms with Crippen molar-refractivity contribution in [3.8, 4) is 0 Å². The quantitative estimate of drug-likeness (QED) is 0.151. The van der Waals surface area contributed by atoms with Crippen LogP contribution in [-0.2, 0) is 4.79 Å². The third kappa shape index (κ3) is 35.1. The fourth-order valence-electron chi connectivity index (χ4n) is 3.63. The summed E-state index contributed by atoms with van der Waals surface area (Å²) in [6, 6.07) is 0. The third-order valence-electron chi connectivity index (χ3n) is 5.56. The number of rotatable bonds is 21. The summed E-state index contributed by atoms with van der Waals surface area (Å²) >= 11 is 0. The molecule has 2 nitrogen and oxygen atoms in total. The zero-order valence-electron chi connectivity index (χ0n) is 20.4. The fourth-order valence-corrected chi connectivity index (χ4v) is 3.63. The minimum absolute atomic E-state index is 0.833. The van der Waals surface area contributed by atoms with Gasteiger partial charge in [0.2, 0.25) is 0 Å². The Labute approximate surface area is 183 Å². The van der Waals surface area contributed by atoms with Crippen LogP contribution in [0.15, 0.2) is 12.7 Å². The highest BCUT2D eigenvalue weighted by atomic mass is 16.4. The van der Waals surface area contributed by atoms with E-state index in [1.54, 1.807) is 0 Å². The maximum atomic E-state index is 9.25. The molecule has 0 aliphatic carbocycles. The molecular weight excluding hydrogens is 356 g/mol. The average Bonchev–Trinajstić information content (AvgIpc) is 2.70. The molecule has 0 aliphatic heterocycles. The maximum absolute atomic E-state index is 9.25. The topological polar surface area (TPSA) is 37.3 Å². The molecule has 0 aromatic carbocycles. The third-order valence-corrected chi connectivity index (χ3v) is 5.56. The van der Waals surface area contributed by atoms with Crippen molar-refractivity contribution < 1.29 is 9.90 Å². The predicted molar refractivity (Wildman–Crippen MR) is 131 cm³/mol. The van der Waals surface area contributed by atoms with Crippen LogP contribution in [0, 0.1) is 5.92 Å². The number of aliphatic carboxylic acids is 1. The van der Waals surface area contributed by atoms with Crippen LogP contribution in [0.5, 0.6) is 0 Å². The van der Waals surface area contributed by atoms with Crippen LogP contribution in [0.1, 0.15) is 149 Å². The summed E-state index contributed by atoms with van der Waals surface area (Å²) in [5.74, 6) is -0.0826. The summed E-state index contributed by atoms with van der Waals surface area (Å²) in [4.78, 5) is 9.25. The Morgan fingerprint density at radius 1 is 0.655 bits per heavy atom. The van der Waals surface area contributed by atoms with Crippen molar-refractivity contribution in [3.63, 3.8) is 0 Å². The molecule has 0 aromatic rings. The van der Waals surface area contributed by atoms with E-state index in [2.05, 4.69) is 27.4 Å². The predicted octanol–water partition coefficient (Wildman–Crippen LogP) is 9.72. The molecule has 0 bridgehead atoms. The molecule has 0 aromatic heterocycles. The maximum Gasteiger partial charge on any atom is 0.327 e. The first kappa shape index (κ1) is 30.4. The van der Waals surface area contributed by atoms with Gasteiger partial charge in [-0.3, -0.25) is 0 Å². The fraction of sp³-hybridized carbons (Fsp3) is 0.889. The number of hydrogen-bond acceptors (Lipinski definition) is 1. The van der Waals surface area contributed by atoms with Crippen LogP contribution in [0.25, 0.3) is 0 Å². The molecule has 0 spiro atoms. The average molecular weight is 411 g/mol. The number of carbonyl (C=O) groups is 1. The molecule has 0 saturated heterocycles. The van der Waals surface area contributed by atoms with E-state index < -0.39 is 5.97 Å². The van der Waals surface area contributed by atoms with Crippen LogP contribution >= 0.6 is 0 Å². The van der Waals surface area contributed by atoms with Crippen LogP contribution in [0.3, 0.4) is 0 Å². The van der Waals surface area contributed by atoms with Crippen LogP contribution < -0.4 is 0 Å². The summed E-state index contributed by atoms with van der Waals surface area (Å²) in [5, 5.41) is 7.60. The molecule has 0 amide bonds. The van der Waals surface area contributed by atoms with Crippen molar-refractivity contribution in [2.24, 2.45) is 5.92 Å². The molecule has 0 rings (SSSR count). The monoisotopic (exact) mass is 410 g/mol. The second-order valence-electron chi connectivity index (χ2n) is 9.09. The van der Waals surface area contributed by atoms with Gasteiger partial charge in [0.15, 0.2) is 0 Å². The summed E-state index contributed by atoms with van der Waals surface area (Å²) in [6.07, 6.45) is 30.3. The Kier molecular flexibility index (Phi) is 28.5. The summed E-state index contributed by atoms with van der Waals surface area (Å²) in [7, 11) is 0. The highest BCUT2D eigenvalue weighted by Crippen LogP contribution is 2.15. The molecule has 174 valence electrons. The van der Waals surface area contributed by atoms with E-state index >= 15 is 0 Å². The largest absolute Gasteiger partial charge is 0.478 e. The first-order valence-corrected chi connectivity index (χ1v) is 12.9. The lowest BCUT2D eigenvalue weighted by molar-refractivity contribution is -0.131. The Morgan fingerprint density at radius 3 is 1.10 bits per heavy atom. The van der Waals surface area contributed by atoms with Crippen molar-refractivity contribution in [2.75, 3.05) is 0 Å². The van der Waals surface area contributed by atoms with Crippen LogP contribution in [-0.4, -0.2) is 11.1 Å². The van der Waals surface area contributed by atoms with Crippen molar-refractivity contribution in [1.82, 2.24) is 0 Å². The molecular formula is C27H54O2. The number of hydrogen-bond donors (Lipinski definition) is 1. The van der Waals surface area contributed by atoms with Gasteiger partial charge in [-0.15, -0.1) is 0 Å². The van der Waals surface area contributed by atoms with Gasteiger partial charge in [-0.2, -0.15) is 0 Å². The molecule has 0 fully saturated rings. The number of carboxylic acids is 1. The Bertz CT molecular complexity index is 322. The van der Waals surface area contributed by atoms with Gasteiger partial charge in [0.1, 0.15) is 0 Å². The molecule has 0 heterocycles. The SMILES string of the molecule is C=CC(=O)O.CCCCCCCCCCCCCCCCCCCCCC(C)C. The van der Waals surface area contributed by atoms with E-state index in [4.69, 9.17) is 5.11 Å². The first-order valence-electron chi connectivity index (χ1n) is 12.9. The van der Waals surface area contributed by atoms with E-state index in [1.807, 2.05) is 0 Å². The molecule has 0 aliphatic rings. The van der Waals surface area contributed by atoms with E-state index in [0.29, 0.717) is 0 Å². The molecule has 2 heteroatoms. The van der Waals surface area contributed by atoms with E-state index in [0.717, 1.165) is 12.0 Å². The van der Waals surface area contributed by atoms with Crippen molar-refractivity contribution in [2.45, 2.75) is 149 Å². The van der Waals surface area contributed by atoms with Crippen LogP contribution in [0.2, 0.25) is 0 Å². The van der Waals surface area contributed by atoms with Gasteiger partial charge in [-0.1, -0.05) is 156 Å². The normalized spacial score (nSPS) is 10.6. The lowest BCUT2D eigenvalue weighted by Gasteiger charge is -2.05. The minimum Gasteiger partial charge on any atom is -0.478 e. The summed E-state index contributed by atoms with van der Waals surface area (Å²) < 4.78 is 0. The highest BCUT2D eigenvalue weighted by molar-refractivity contribution is 5.78. The van der Waals surface area contributed by atoms with Gasteiger partial charge in [0.05, 0.1) is 0 Å². The minimum atomic E-state index is -0.981. The van der Waals surface area contributed by atoms with E-state index in [9.17, 15) is 4.79 Å². The van der Waals surface area contributed by atoms with Gasteiger partial charge in [-0.05, 0) is 5.92 Å². The molecule has 1 N–H and O–H groups in total. The van der Waals surface area contributed by atoms with Gasteiger partial charge in [-0.25, -0.2) is 4.79 Å². The number of carboxylic acid groups (broad SMARTS) is 1. The summed E-state index contributed by atoms with van der Waals surface area (Å²) in [5.41, 5.74) is 0. The van der Waals surface area contributed by atoms with E-state index in [1.165, 1.54) is 128 Å². The summed E-state index contributed by atoms with van der Waals surface area (Å²) in [6.45, 7) is 9.95. The lowest BCUT2D eigenvalue weighted by Crippen LogP contribution is -1.87. The molecule has 0 saturated carbocycles. The highest BCUT2D eigenvalue weighted by Gasteiger charge is 1.96. The number of unbranched alkanes of at least 4 members (excludes halogenated alkanes) is 18. The Balaban J connectivity index is 0. The zero-order chi connectivity index (χ0) is 22.0. The van der Waals surface area contributed by atoms with E-state index in [-0.39, 0.29) is 0 Å². The van der Waals surface area contributed by atoms with Crippen molar-refractivity contribution in [3.05, 3.63) is 12.7 Å². The van der Waals surface area contributed by atoms with Gasteiger partial charge in [0.25, 0.3) is 0 Å². The van der Waals surface area contributed by atoms with Gasteiger partial charge >= 0.3 is 5.97 Å². The van der Waals surface area contributed by atoms with Crippen LogP contribution in [0.4, 0.5) is 0 Å². The standard InChI is InChI=1S/C24H50.C3H4O2/c1-4-5-6-7-8-9-10-11-12-13-14-15-16-17-18-19-20-21-22-23-24(2)3;1-2-3(4)5/h24H,4-23H2,1-3H3;2H,1H2,(H,4,5). The Hall–Kier alpha value is -0.790. The molecule has 0 radical (unpaired) electrons. The van der Waals surface area contributed by atoms with Gasteiger partial charge in [0, 0.05) is 6.08 Å². The molecule has 29 heavy (non-hydrogen) atoms. The van der Waals surface area contributed by atoms with Crippen molar-refractivity contribution >= 4 is 5.97 Å². The second kappa shape index (κ2) is 27.2. The van der Waals surface area contributed by atoms with Crippen molar-refractivity contribution in [1.29, 1.82) is 0 Å². The Morgan fingerprint density at radius 2 is 0.897 bits per heavy atom. The first-order chi connectivity index (χ1) is 14.0. The zero-order valence-corrected chi connectivity index (χ0v) is 20.4.